The van der Waals surface area contributed by atoms with Crippen molar-refractivity contribution in [2.45, 2.75) is 107 Å². The van der Waals surface area contributed by atoms with E-state index in [-0.39, 0.29) is 56.5 Å². The van der Waals surface area contributed by atoms with Gasteiger partial charge in [0.1, 0.15) is 27.9 Å². The number of pyridine rings is 2. The number of aliphatic hydroxyl groups is 1. The molecule has 3 aromatic heterocycles. The molecule has 2 aliphatic carbocycles. The van der Waals surface area contributed by atoms with E-state index in [2.05, 4.69) is 89.9 Å². The summed E-state index contributed by atoms with van der Waals surface area (Å²) in [7, 11) is -1.67. The van der Waals surface area contributed by atoms with E-state index >= 15 is 0 Å². The zero-order valence-electron chi connectivity index (χ0n) is 44.8. The molecule has 412 valence electrons. The van der Waals surface area contributed by atoms with Gasteiger partial charge in [-0.2, -0.15) is 4.98 Å². The number of nitro groups is 1. The summed E-state index contributed by atoms with van der Waals surface area (Å²) < 4.78 is 62.1. The number of sulfonamides is 1. The maximum Gasteiger partial charge on any atom is 0.312 e. The van der Waals surface area contributed by atoms with E-state index in [1.807, 2.05) is 12.1 Å². The van der Waals surface area contributed by atoms with Crippen molar-refractivity contribution in [2.24, 2.45) is 16.7 Å². The Morgan fingerprint density at radius 1 is 0.962 bits per heavy atom. The van der Waals surface area contributed by atoms with Gasteiger partial charge in [-0.15, -0.1) is 0 Å². The van der Waals surface area contributed by atoms with Crippen molar-refractivity contribution in [1.82, 2.24) is 29.5 Å². The Morgan fingerprint density at radius 2 is 1.69 bits per heavy atom. The van der Waals surface area contributed by atoms with Crippen molar-refractivity contribution in [3.8, 4) is 23.1 Å². The highest BCUT2D eigenvalue weighted by Crippen LogP contribution is 2.62. The molecular formula is C58H68FN9O9S. The minimum atomic E-state index is -4.74. The van der Waals surface area contributed by atoms with Crippen LogP contribution in [0.1, 0.15) is 111 Å². The number of nitrogens with zero attached hydrogens (tertiary/aromatic N) is 6. The average Bonchev–Trinajstić information content (AvgIpc) is 3.46. The SMILES string of the molecule is COc1ccc(CN2CC3(C2)CN(C2CC4(CCN(c5ccc(C(=O)NS(=O)(=O)c6cnc(NCC7CCC(C)(O)CC7)c([N+](=O)[O-])c6)c(Oc6cc7c(F)c[nH]c7nc6OC)c5)CC4)C2)[C@H]3c2ccccc2C(C)C)cc1. The lowest BCUT2D eigenvalue weighted by Gasteiger charge is -2.70. The molecule has 5 aliphatic rings. The first kappa shape index (κ1) is 53.1. The largest absolute Gasteiger partial charge is 0.497 e. The number of piperidine rings is 1. The van der Waals surface area contributed by atoms with Crippen molar-refractivity contribution in [3.63, 3.8) is 0 Å². The first-order valence-electron chi connectivity index (χ1n) is 27.0. The summed E-state index contributed by atoms with van der Waals surface area (Å²) in [6.07, 6.45) is 8.87. The number of hydrogen-bond acceptors (Lipinski definition) is 15. The highest BCUT2D eigenvalue weighted by molar-refractivity contribution is 7.90. The number of methoxy groups -OCH3 is 2. The van der Waals surface area contributed by atoms with Crippen molar-refractivity contribution in [3.05, 3.63) is 129 Å². The number of aromatic nitrogens is 3. The molecule has 2 saturated carbocycles. The van der Waals surface area contributed by atoms with Crippen LogP contribution in [-0.2, 0) is 16.6 Å². The maximum atomic E-state index is 14.9. The Balaban J connectivity index is 0.794. The van der Waals surface area contributed by atoms with Crippen molar-refractivity contribution >= 4 is 44.2 Å². The van der Waals surface area contributed by atoms with Crippen LogP contribution in [0.5, 0.6) is 23.1 Å². The fourth-order valence-electron chi connectivity index (χ4n) is 13.1. The second-order valence-electron chi connectivity index (χ2n) is 23.1. The van der Waals surface area contributed by atoms with Gasteiger partial charge in [0.25, 0.3) is 21.8 Å². The van der Waals surface area contributed by atoms with Crippen molar-refractivity contribution in [1.29, 1.82) is 0 Å². The molecule has 78 heavy (non-hydrogen) atoms. The predicted octanol–water partition coefficient (Wildman–Crippen LogP) is 9.72. The van der Waals surface area contributed by atoms with Crippen LogP contribution in [0.15, 0.2) is 96.2 Å². The summed E-state index contributed by atoms with van der Waals surface area (Å²) in [4.78, 5) is 44.0. The number of carbonyl (C=O) groups excluding carboxylic acids is 1. The number of anilines is 2. The number of rotatable bonds is 17. The molecule has 1 amide bonds. The number of hydrogen-bond donors (Lipinski definition) is 4. The van der Waals surface area contributed by atoms with Crippen molar-refractivity contribution in [2.75, 3.05) is 63.7 Å². The van der Waals surface area contributed by atoms with Gasteiger partial charge >= 0.3 is 5.69 Å². The Morgan fingerprint density at radius 3 is 2.38 bits per heavy atom. The van der Waals surface area contributed by atoms with E-state index in [1.54, 1.807) is 26.2 Å². The number of nitrogens with one attached hydrogen (secondary N) is 3. The molecule has 3 aromatic carbocycles. The van der Waals surface area contributed by atoms with Gasteiger partial charge in [0.15, 0.2) is 5.75 Å². The molecule has 6 heterocycles. The highest BCUT2D eigenvalue weighted by Gasteiger charge is 2.63. The van der Waals surface area contributed by atoms with E-state index in [4.69, 9.17) is 14.2 Å². The van der Waals surface area contributed by atoms with Crippen LogP contribution >= 0.6 is 0 Å². The van der Waals surface area contributed by atoms with Crippen LogP contribution in [0.2, 0.25) is 0 Å². The second-order valence-corrected chi connectivity index (χ2v) is 24.8. The quantitative estimate of drug-likeness (QED) is 0.0494. The van der Waals surface area contributed by atoms with Gasteiger partial charge in [-0.25, -0.2) is 22.5 Å². The van der Waals surface area contributed by atoms with Gasteiger partial charge in [0.05, 0.1) is 41.9 Å². The fraction of sp³-hybridized carbons (Fsp3) is 0.466. The summed E-state index contributed by atoms with van der Waals surface area (Å²) in [5.74, 6) is -0.460. The first-order valence-corrected chi connectivity index (χ1v) is 28.5. The van der Waals surface area contributed by atoms with Crippen LogP contribution in [0.3, 0.4) is 0 Å². The number of fused-ring (bicyclic) bond motifs is 1. The lowest BCUT2D eigenvalue weighted by molar-refractivity contribution is -0.384. The molecular weight excluding hydrogens is 1020 g/mol. The lowest BCUT2D eigenvalue weighted by Crippen LogP contribution is -2.76. The number of amides is 1. The maximum absolute atomic E-state index is 14.9. The van der Waals surface area contributed by atoms with E-state index in [9.17, 15) is 32.8 Å². The fourth-order valence-corrected chi connectivity index (χ4v) is 14.0. The molecule has 3 aliphatic heterocycles. The number of aromatic amines is 1. The van der Waals surface area contributed by atoms with Gasteiger partial charge in [0, 0.05) is 93.4 Å². The molecule has 11 rings (SSSR count). The third-order valence-electron chi connectivity index (χ3n) is 17.4. The third-order valence-corrected chi connectivity index (χ3v) is 18.7. The molecule has 0 unspecified atom stereocenters. The molecule has 0 bridgehead atoms. The number of likely N-dealkylation sites (tertiary alicyclic amines) is 2. The average molecular weight is 1090 g/mol. The Kier molecular flexibility index (Phi) is 14.1. The molecule has 2 spiro atoms. The number of benzene rings is 3. The van der Waals surface area contributed by atoms with Crippen molar-refractivity contribution < 1.29 is 41.8 Å². The molecule has 6 aromatic rings. The smallest absolute Gasteiger partial charge is 0.312 e. The Bertz CT molecular complexity index is 3340. The van der Waals surface area contributed by atoms with Gasteiger partial charge in [0.2, 0.25) is 5.82 Å². The summed E-state index contributed by atoms with van der Waals surface area (Å²) in [5, 5.41) is 25.7. The third kappa shape index (κ3) is 10.3. The van der Waals surface area contributed by atoms with Gasteiger partial charge in [-0.3, -0.25) is 24.7 Å². The van der Waals surface area contributed by atoms with Crippen LogP contribution < -0.4 is 29.1 Å². The standard InChI is InChI=1S/C58H68FN9O9S/c1-36(2)43-8-6-7-9-44(43)51-58(33-65(34-58)32-38-10-13-41(75-4)14-11-38)35-67(51)40-27-57(28-40)20-22-66(23-21-57)39-12-15-45(49(24-39)77-50-26-46-47(59)31-62-52(46)63-55(50)76-5)54(69)64-78(73,74)42-25-48(68(71)72)53(61-30-42)60-29-37-16-18-56(3,70)19-17-37/h6-15,24-26,30-31,36-37,40,51,70H,16-23,27-29,32-35H2,1-5H3,(H,60,61)(H,62,63)(H,64,69)/t37?,51-,56?/m0/s1. The lowest BCUT2D eigenvalue weighted by atomic mass is 9.55. The predicted molar refractivity (Wildman–Crippen MR) is 293 cm³/mol. The van der Waals surface area contributed by atoms with E-state index < -0.39 is 42.9 Å². The monoisotopic (exact) mass is 1090 g/mol. The minimum absolute atomic E-state index is 0.0122. The molecule has 20 heteroatoms. The number of H-pyrrole nitrogens is 1. The van der Waals surface area contributed by atoms with Crippen LogP contribution in [0, 0.1) is 32.7 Å². The molecule has 5 fully saturated rings. The second kappa shape index (κ2) is 20.7. The summed E-state index contributed by atoms with van der Waals surface area (Å²) in [5.41, 5.74) is 4.00. The molecule has 1 atom stereocenters. The van der Waals surface area contributed by atoms with E-state index in [0.29, 0.717) is 50.2 Å². The minimum Gasteiger partial charge on any atom is -0.497 e. The molecule has 3 saturated heterocycles. The number of carbonyl (C=O) groups is 1. The van der Waals surface area contributed by atoms with E-state index in [1.165, 1.54) is 35.9 Å². The molecule has 4 N–H and O–H groups in total. The summed E-state index contributed by atoms with van der Waals surface area (Å²) >= 11 is 0. The van der Waals surface area contributed by atoms with Gasteiger partial charge in [-0.05, 0) is 116 Å². The van der Waals surface area contributed by atoms with Gasteiger partial charge < -0.3 is 34.5 Å². The first-order chi connectivity index (χ1) is 37.3. The van der Waals surface area contributed by atoms with Crippen LogP contribution in [0.25, 0.3) is 11.0 Å². The molecule has 18 nitrogen and oxygen atoms in total. The highest BCUT2D eigenvalue weighted by atomic mass is 32.2. The Labute approximate surface area is 453 Å². The summed E-state index contributed by atoms with van der Waals surface area (Å²) in [6, 6.07) is 25.4. The zero-order chi connectivity index (χ0) is 54.7. The van der Waals surface area contributed by atoms with Crippen LogP contribution in [0.4, 0.5) is 21.6 Å². The van der Waals surface area contributed by atoms with Crippen LogP contribution in [-0.4, -0.2) is 114 Å². The number of ether oxygens (including phenoxy) is 3. The topological polar surface area (TPSA) is 218 Å². The number of halogens is 1. The van der Waals surface area contributed by atoms with E-state index in [0.717, 1.165) is 94.8 Å². The van der Waals surface area contributed by atoms with Gasteiger partial charge in [-0.1, -0.05) is 50.2 Å². The zero-order valence-corrected chi connectivity index (χ0v) is 45.6. The Hall–Kier alpha value is -6.87. The summed E-state index contributed by atoms with van der Waals surface area (Å²) in [6.45, 7) is 12.3. The molecule has 0 radical (unpaired) electrons. The normalized spacial score (nSPS) is 22.2.